The number of rotatable bonds is 4. The van der Waals surface area contributed by atoms with Crippen LogP contribution >= 0.6 is 0 Å². The number of amides is 1. The van der Waals surface area contributed by atoms with Gasteiger partial charge in [-0.2, -0.15) is 18.3 Å². The molecule has 0 bridgehead atoms. The maximum absolute atomic E-state index is 13.2. The molecule has 3 heterocycles. The minimum Gasteiger partial charge on any atom is -0.328 e. The van der Waals surface area contributed by atoms with Crippen molar-refractivity contribution in [1.82, 2.24) is 28.5 Å². The third kappa shape index (κ3) is 3.57. The first-order chi connectivity index (χ1) is 15.1. The number of anilines is 1. The molecule has 0 aliphatic rings. The van der Waals surface area contributed by atoms with Crippen molar-refractivity contribution < 1.29 is 18.0 Å². The van der Waals surface area contributed by atoms with Gasteiger partial charge in [0.05, 0.1) is 23.3 Å². The van der Waals surface area contributed by atoms with Gasteiger partial charge in [-0.3, -0.25) is 14.2 Å². The highest BCUT2D eigenvalue weighted by Crippen LogP contribution is 2.33. The van der Waals surface area contributed by atoms with E-state index >= 15 is 0 Å². The highest BCUT2D eigenvalue weighted by Gasteiger charge is 2.31. The van der Waals surface area contributed by atoms with E-state index in [1.165, 1.54) is 41.1 Å². The maximum Gasteiger partial charge on any atom is 0.416 e. The standard InChI is InChI=1S/C19H16F3N7O3/c1-26-10-23-16-15(26)17(31)28(18(32)27(16)2)9-14(30)25-12-8-11(19(20,21)22)4-5-13(12)29-7-3-6-24-29/h3-8,10H,9H2,1-2H3,(H,25,30). The van der Waals surface area contributed by atoms with Crippen LogP contribution in [0.2, 0.25) is 0 Å². The quantitative estimate of drug-likeness (QED) is 0.507. The summed E-state index contributed by atoms with van der Waals surface area (Å²) in [6.45, 7) is -0.707. The lowest BCUT2D eigenvalue weighted by molar-refractivity contribution is -0.137. The van der Waals surface area contributed by atoms with Crippen LogP contribution in [0.1, 0.15) is 5.56 Å². The molecular formula is C19H16F3N7O3. The van der Waals surface area contributed by atoms with Gasteiger partial charge < -0.3 is 9.88 Å². The number of imidazole rings is 1. The van der Waals surface area contributed by atoms with Gasteiger partial charge in [0.2, 0.25) is 5.91 Å². The Balaban J connectivity index is 1.73. The fourth-order valence-electron chi connectivity index (χ4n) is 3.29. The van der Waals surface area contributed by atoms with E-state index in [0.717, 1.165) is 16.7 Å². The Morgan fingerprint density at radius 2 is 1.94 bits per heavy atom. The number of hydrogen-bond acceptors (Lipinski definition) is 5. The van der Waals surface area contributed by atoms with Gasteiger partial charge >= 0.3 is 11.9 Å². The molecule has 0 spiro atoms. The van der Waals surface area contributed by atoms with E-state index in [2.05, 4.69) is 15.4 Å². The number of fused-ring (bicyclic) bond motifs is 1. The van der Waals surface area contributed by atoms with E-state index in [1.54, 1.807) is 13.1 Å². The summed E-state index contributed by atoms with van der Waals surface area (Å²) >= 11 is 0. The highest BCUT2D eigenvalue weighted by molar-refractivity contribution is 5.93. The van der Waals surface area contributed by atoms with Crippen molar-refractivity contribution >= 4 is 22.8 Å². The summed E-state index contributed by atoms with van der Waals surface area (Å²) in [6, 6.07) is 4.36. The number of aromatic nitrogens is 6. The van der Waals surface area contributed by atoms with Gasteiger partial charge in [0, 0.05) is 26.5 Å². The lowest BCUT2D eigenvalue weighted by Gasteiger charge is -2.15. The first kappa shape index (κ1) is 21.1. The molecule has 1 amide bonds. The second kappa shape index (κ2) is 7.51. The summed E-state index contributed by atoms with van der Waals surface area (Å²) in [7, 11) is 2.96. The van der Waals surface area contributed by atoms with Gasteiger partial charge in [0.1, 0.15) is 6.54 Å². The fourth-order valence-corrected chi connectivity index (χ4v) is 3.29. The molecule has 166 valence electrons. The fraction of sp³-hybridized carbons (Fsp3) is 0.211. The molecule has 1 N–H and O–H groups in total. The van der Waals surface area contributed by atoms with E-state index in [0.29, 0.717) is 4.57 Å². The molecule has 0 atom stereocenters. The van der Waals surface area contributed by atoms with E-state index in [9.17, 15) is 27.6 Å². The second-order valence-corrected chi connectivity index (χ2v) is 6.99. The molecule has 0 fully saturated rings. The SMILES string of the molecule is Cn1cnc2c1c(=O)n(CC(=O)Nc1cc(C(F)(F)F)ccc1-n1cccn1)c(=O)n2C. The maximum atomic E-state index is 13.2. The molecule has 1 aromatic carbocycles. The van der Waals surface area contributed by atoms with Crippen molar-refractivity contribution in [2.24, 2.45) is 14.1 Å². The largest absolute Gasteiger partial charge is 0.416 e. The van der Waals surface area contributed by atoms with Gasteiger partial charge in [-0.1, -0.05) is 0 Å². The van der Waals surface area contributed by atoms with Crippen molar-refractivity contribution in [2.45, 2.75) is 12.7 Å². The Morgan fingerprint density at radius 1 is 1.19 bits per heavy atom. The molecule has 3 aromatic heterocycles. The number of nitrogens with zero attached hydrogens (tertiary/aromatic N) is 6. The molecule has 4 aromatic rings. The third-order valence-corrected chi connectivity index (χ3v) is 4.85. The van der Waals surface area contributed by atoms with E-state index in [4.69, 9.17) is 0 Å². The molecule has 10 nitrogen and oxygen atoms in total. The topological polar surface area (TPSA) is 109 Å². The summed E-state index contributed by atoms with van der Waals surface area (Å²) in [6.07, 6.45) is -0.362. The first-order valence-electron chi connectivity index (χ1n) is 9.20. The Morgan fingerprint density at radius 3 is 2.59 bits per heavy atom. The molecule has 32 heavy (non-hydrogen) atoms. The van der Waals surface area contributed by atoms with Gasteiger partial charge in [0.15, 0.2) is 11.2 Å². The number of carbonyl (C=O) groups excluding carboxylic acids is 1. The first-order valence-corrected chi connectivity index (χ1v) is 9.20. The number of halogens is 3. The van der Waals surface area contributed by atoms with Crippen LogP contribution in [0.3, 0.4) is 0 Å². The van der Waals surface area contributed by atoms with Crippen molar-refractivity contribution in [3.05, 3.63) is 69.4 Å². The lowest BCUT2D eigenvalue weighted by atomic mass is 10.1. The van der Waals surface area contributed by atoms with Crippen LogP contribution in [0.4, 0.5) is 18.9 Å². The Bertz CT molecular complexity index is 1450. The van der Waals surface area contributed by atoms with Crippen LogP contribution in [-0.2, 0) is 31.6 Å². The molecule has 13 heteroatoms. The minimum absolute atomic E-state index is 0.108. The number of carbonyl (C=O) groups is 1. The molecular weight excluding hydrogens is 431 g/mol. The average molecular weight is 447 g/mol. The Kier molecular flexibility index (Phi) is 4.95. The van der Waals surface area contributed by atoms with E-state index < -0.39 is 35.4 Å². The average Bonchev–Trinajstić information content (AvgIpc) is 3.39. The summed E-state index contributed by atoms with van der Waals surface area (Å²) in [5, 5.41) is 6.33. The van der Waals surface area contributed by atoms with Gasteiger partial charge in [0.25, 0.3) is 5.56 Å². The minimum atomic E-state index is -4.64. The number of nitrogens with one attached hydrogen (secondary N) is 1. The zero-order chi connectivity index (χ0) is 23.2. The predicted molar refractivity (Wildman–Crippen MR) is 107 cm³/mol. The Labute approximate surface area is 177 Å². The van der Waals surface area contributed by atoms with Crippen molar-refractivity contribution in [3.63, 3.8) is 0 Å². The predicted octanol–water partition coefficient (Wildman–Crippen LogP) is 1.28. The molecule has 0 aliphatic heterocycles. The van der Waals surface area contributed by atoms with Crippen LogP contribution in [0, 0.1) is 0 Å². The van der Waals surface area contributed by atoms with Gasteiger partial charge in [-0.25, -0.2) is 19.0 Å². The normalized spacial score (nSPS) is 11.8. The third-order valence-electron chi connectivity index (χ3n) is 4.85. The van der Waals surface area contributed by atoms with Crippen LogP contribution in [0.15, 0.2) is 52.6 Å². The zero-order valence-electron chi connectivity index (χ0n) is 16.8. The van der Waals surface area contributed by atoms with Gasteiger partial charge in [-0.15, -0.1) is 0 Å². The monoisotopic (exact) mass is 447 g/mol. The van der Waals surface area contributed by atoms with Crippen molar-refractivity contribution in [3.8, 4) is 5.69 Å². The molecule has 0 radical (unpaired) electrons. The summed E-state index contributed by atoms with van der Waals surface area (Å²) < 4.78 is 44.1. The summed E-state index contributed by atoms with van der Waals surface area (Å²) in [5.74, 6) is -0.863. The molecule has 0 unspecified atom stereocenters. The summed E-state index contributed by atoms with van der Waals surface area (Å²) in [4.78, 5) is 42.0. The number of hydrogen-bond donors (Lipinski definition) is 1. The molecule has 0 saturated heterocycles. The van der Waals surface area contributed by atoms with Crippen molar-refractivity contribution in [1.29, 1.82) is 0 Å². The van der Waals surface area contributed by atoms with Gasteiger partial charge in [-0.05, 0) is 24.3 Å². The van der Waals surface area contributed by atoms with Crippen LogP contribution in [0.25, 0.3) is 16.9 Å². The molecule has 0 aliphatic carbocycles. The van der Waals surface area contributed by atoms with Crippen LogP contribution < -0.4 is 16.6 Å². The smallest absolute Gasteiger partial charge is 0.328 e. The highest BCUT2D eigenvalue weighted by atomic mass is 19.4. The van der Waals surface area contributed by atoms with E-state index in [-0.39, 0.29) is 22.5 Å². The molecule has 4 rings (SSSR count). The van der Waals surface area contributed by atoms with Crippen molar-refractivity contribution in [2.75, 3.05) is 5.32 Å². The van der Waals surface area contributed by atoms with E-state index in [1.807, 2.05) is 0 Å². The number of alkyl halides is 3. The zero-order valence-corrected chi connectivity index (χ0v) is 16.8. The lowest BCUT2D eigenvalue weighted by Crippen LogP contribution is -2.42. The van der Waals surface area contributed by atoms with Crippen LogP contribution in [-0.4, -0.2) is 34.4 Å². The number of aryl methyl sites for hydroxylation is 2. The summed E-state index contributed by atoms with van der Waals surface area (Å²) in [5.41, 5.74) is -2.25. The number of benzene rings is 1. The molecule has 0 saturated carbocycles. The second-order valence-electron chi connectivity index (χ2n) is 6.99. The van der Waals surface area contributed by atoms with Crippen LogP contribution in [0.5, 0.6) is 0 Å². The Hall–Kier alpha value is -4.16.